The molecular weight excluding hydrogens is 165 g/mol. The fourth-order valence-electron chi connectivity index (χ4n) is 0.771. The molecule has 0 spiro atoms. The summed E-state index contributed by atoms with van der Waals surface area (Å²) < 4.78 is 0. The predicted octanol–water partition coefficient (Wildman–Crippen LogP) is 0.183. The SMILES string of the molecule is CC(C)CC(C(N)=O)P(O)O. The Bertz CT molecular complexity index is 138. The number of amides is 1. The van der Waals surface area contributed by atoms with Gasteiger partial charge in [0.25, 0.3) is 0 Å². The highest BCUT2D eigenvalue weighted by Gasteiger charge is 2.24. The molecule has 0 heterocycles. The van der Waals surface area contributed by atoms with Crippen LogP contribution in [0.4, 0.5) is 0 Å². The molecule has 0 aromatic rings. The van der Waals surface area contributed by atoms with Crippen LogP contribution in [0.5, 0.6) is 0 Å². The van der Waals surface area contributed by atoms with Gasteiger partial charge in [0.1, 0.15) is 5.66 Å². The van der Waals surface area contributed by atoms with E-state index in [9.17, 15) is 4.79 Å². The summed E-state index contributed by atoms with van der Waals surface area (Å²) in [6, 6.07) is 0. The lowest BCUT2D eigenvalue weighted by atomic mass is 10.1. The molecule has 66 valence electrons. The average molecular weight is 179 g/mol. The number of hydrogen-bond donors (Lipinski definition) is 3. The third-order valence-electron chi connectivity index (χ3n) is 1.30. The van der Waals surface area contributed by atoms with Gasteiger partial charge in [-0.1, -0.05) is 13.8 Å². The number of nitrogens with two attached hydrogens (primary N) is 1. The van der Waals surface area contributed by atoms with Gasteiger partial charge in [-0.15, -0.1) is 0 Å². The summed E-state index contributed by atoms with van der Waals surface area (Å²) in [6.07, 6.45) is 0.439. The second-order valence-electron chi connectivity index (χ2n) is 2.87. The Kier molecular flexibility index (Phi) is 4.57. The van der Waals surface area contributed by atoms with E-state index in [1.807, 2.05) is 13.8 Å². The van der Waals surface area contributed by atoms with Crippen LogP contribution in [0.3, 0.4) is 0 Å². The van der Waals surface area contributed by atoms with Crippen molar-refractivity contribution in [3.63, 3.8) is 0 Å². The molecule has 1 amide bonds. The Morgan fingerprint density at radius 1 is 1.55 bits per heavy atom. The van der Waals surface area contributed by atoms with E-state index in [2.05, 4.69) is 0 Å². The van der Waals surface area contributed by atoms with Gasteiger partial charge in [0.05, 0.1) is 0 Å². The lowest BCUT2D eigenvalue weighted by molar-refractivity contribution is -0.118. The van der Waals surface area contributed by atoms with Crippen molar-refractivity contribution in [1.82, 2.24) is 0 Å². The first-order valence-electron chi connectivity index (χ1n) is 3.41. The quantitative estimate of drug-likeness (QED) is 0.538. The number of carbonyl (C=O) groups excluding carboxylic acids is 1. The van der Waals surface area contributed by atoms with Gasteiger partial charge in [0.15, 0.2) is 8.38 Å². The third kappa shape index (κ3) is 4.30. The minimum absolute atomic E-state index is 0.247. The molecule has 0 bridgehead atoms. The fraction of sp³-hybridized carbons (Fsp3) is 0.833. The molecule has 4 nitrogen and oxygen atoms in total. The van der Waals surface area contributed by atoms with Gasteiger partial charge in [-0.2, -0.15) is 0 Å². The monoisotopic (exact) mass is 179 g/mol. The van der Waals surface area contributed by atoms with Gasteiger partial charge in [-0.25, -0.2) is 0 Å². The van der Waals surface area contributed by atoms with Crippen molar-refractivity contribution in [3.05, 3.63) is 0 Å². The molecule has 0 aromatic carbocycles. The number of carbonyl (C=O) groups is 1. The molecule has 11 heavy (non-hydrogen) atoms. The zero-order valence-corrected chi connectivity index (χ0v) is 7.58. The summed E-state index contributed by atoms with van der Waals surface area (Å²) >= 11 is 0. The van der Waals surface area contributed by atoms with Gasteiger partial charge in [0, 0.05) is 0 Å². The molecule has 1 unspecified atom stereocenters. The molecule has 0 radical (unpaired) electrons. The average Bonchev–Trinajstić information content (AvgIpc) is 1.81. The first kappa shape index (κ1) is 10.8. The normalized spacial score (nSPS) is 14.0. The Balaban J connectivity index is 4.01. The summed E-state index contributed by atoms with van der Waals surface area (Å²) in [5.41, 5.74) is 4.17. The minimum atomic E-state index is -2.21. The van der Waals surface area contributed by atoms with Crippen LogP contribution in [0.2, 0.25) is 0 Å². The van der Waals surface area contributed by atoms with Crippen LogP contribution < -0.4 is 5.73 Å². The second kappa shape index (κ2) is 4.65. The molecule has 0 aromatic heterocycles. The van der Waals surface area contributed by atoms with Crippen LogP contribution in [-0.2, 0) is 4.79 Å². The summed E-state index contributed by atoms with van der Waals surface area (Å²) in [5.74, 6) is -0.383. The van der Waals surface area contributed by atoms with Crippen molar-refractivity contribution in [3.8, 4) is 0 Å². The molecular formula is C6H14NO3P. The van der Waals surface area contributed by atoms with Crippen LogP contribution in [0.15, 0.2) is 0 Å². The highest BCUT2D eigenvalue weighted by atomic mass is 31.2. The maximum Gasteiger partial charge on any atom is 0.229 e. The maximum atomic E-state index is 10.6. The lowest BCUT2D eigenvalue weighted by Gasteiger charge is -2.15. The number of primary amides is 1. The highest BCUT2D eigenvalue weighted by molar-refractivity contribution is 7.47. The maximum absolute atomic E-state index is 10.6. The predicted molar refractivity (Wildman–Crippen MR) is 43.8 cm³/mol. The molecule has 0 aliphatic carbocycles. The van der Waals surface area contributed by atoms with Crippen molar-refractivity contribution in [2.24, 2.45) is 11.7 Å². The number of hydrogen-bond acceptors (Lipinski definition) is 3. The van der Waals surface area contributed by atoms with E-state index in [-0.39, 0.29) is 5.92 Å². The Morgan fingerprint density at radius 3 is 2.09 bits per heavy atom. The topological polar surface area (TPSA) is 83.6 Å². The van der Waals surface area contributed by atoms with Crippen LogP contribution in [0, 0.1) is 5.92 Å². The van der Waals surface area contributed by atoms with Gasteiger partial charge < -0.3 is 15.5 Å². The summed E-state index contributed by atoms with van der Waals surface area (Å²) in [4.78, 5) is 28.1. The van der Waals surface area contributed by atoms with Crippen LogP contribution >= 0.6 is 8.38 Å². The van der Waals surface area contributed by atoms with Crippen molar-refractivity contribution >= 4 is 14.3 Å². The standard InChI is InChI=1S/C6H14NO3P/c1-4(2)3-5(6(7)8)11(9)10/h4-5,9-10H,3H2,1-2H3,(H2,7,8). The molecule has 0 saturated heterocycles. The van der Waals surface area contributed by atoms with Crippen molar-refractivity contribution in [2.75, 3.05) is 0 Å². The molecule has 0 aliphatic rings. The first-order chi connectivity index (χ1) is 4.95. The zero-order chi connectivity index (χ0) is 9.02. The second-order valence-corrected chi connectivity index (χ2v) is 4.13. The number of rotatable bonds is 4. The minimum Gasteiger partial charge on any atom is -0.369 e. The van der Waals surface area contributed by atoms with Gasteiger partial charge >= 0.3 is 0 Å². The van der Waals surface area contributed by atoms with E-state index in [4.69, 9.17) is 15.5 Å². The first-order valence-corrected chi connectivity index (χ1v) is 4.73. The largest absolute Gasteiger partial charge is 0.369 e. The van der Waals surface area contributed by atoms with E-state index < -0.39 is 19.9 Å². The smallest absolute Gasteiger partial charge is 0.229 e. The van der Waals surface area contributed by atoms with E-state index in [1.54, 1.807) is 0 Å². The van der Waals surface area contributed by atoms with E-state index in [0.717, 1.165) is 0 Å². The van der Waals surface area contributed by atoms with Gasteiger partial charge in [-0.05, 0) is 12.3 Å². The van der Waals surface area contributed by atoms with E-state index in [0.29, 0.717) is 6.42 Å². The fourth-order valence-corrected chi connectivity index (χ4v) is 1.61. The molecule has 1 atom stereocenters. The third-order valence-corrected chi connectivity index (χ3v) is 2.32. The zero-order valence-electron chi connectivity index (χ0n) is 6.69. The molecule has 0 rings (SSSR count). The molecule has 0 aliphatic heterocycles. The highest BCUT2D eigenvalue weighted by Crippen LogP contribution is 2.34. The molecule has 5 heteroatoms. The van der Waals surface area contributed by atoms with E-state index >= 15 is 0 Å². The molecule has 4 N–H and O–H groups in total. The van der Waals surface area contributed by atoms with Crippen LogP contribution in [-0.4, -0.2) is 21.4 Å². The Hall–Kier alpha value is -0.180. The van der Waals surface area contributed by atoms with Crippen LogP contribution in [0.1, 0.15) is 20.3 Å². The summed E-state index contributed by atoms with van der Waals surface area (Å²) in [7, 11) is -2.21. The van der Waals surface area contributed by atoms with Crippen LogP contribution in [0.25, 0.3) is 0 Å². The van der Waals surface area contributed by atoms with E-state index in [1.165, 1.54) is 0 Å². The Labute approximate surface area is 67.3 Å². The molecule has 0 fully saturated rings. The van der Waals surface area contributed by atoms with Gasteiger partial charge in [-0.3, -0.25) is 4.79 Å². The summed E-state index contributed by atoms with van der Waals surface area (Å²) in [5, 5.41) is 0. The van der Waals surface area contributed by atoms with Crippen molar-refractivity contribution in [1.29, 1.82) is 0 Å². The Morgan fingerprint density at radius 2 is 2.00 bits per heavy atom. The van der Waals surface area contributed by atoms with Crippen molar-refractivity contribution in [2.45, 2.75) is 25.9 Å². The molecule has 0 saturated carbocycles. The summed E-state index contributed by atoms with van der Waals surface area (Å²) in [6.45, 7) is 3.80. The lowest BCUT2D eigenvalue weighted by Crippen LogP contribution is -2.28. The van der Waals surface area contributed by atoms with Crippen molar-refractivity contribution < 1.29 is 14.6 Å². The van der Waals surface area contributed by atoms with Gasteiger partial charge in [0.2, 0.25) is 5.91 Å².